The smallest absolute Gasteiger partial charge is 0.489 e. The molecule has 12 heteroatoms. The van der Waals surface area contributed by atoms with Crippen LogP contribution in [-0.2, 0) is 15.8 Å². The number of nitrogens with two attached hydrogens (primary N) is 1. The SMILES string of the molecule is N[C@H]1COc2cc(-c3ccc(C(F)(F)F)cc3)ccc2NC1=O.O=C(O)C(F)(F)F. The van der Waals surface area contributed by atoms with Crippen molar-refractivity contribution in [3.8, 4) is 16.9 Å². The first-order valence-electron chi connectivity index (χ1n) is 8.10. The Bertz CT molecular complexity index is 926. The zero-order valence-corrected chi connectivity index (χ0v) is 14.8. The first-order chi connectivity index (χ1) is 13.8. The number of alkyl halides is 6. The van der Waals surface area contributed by atoms with E-state index in [1.807, 2.05) is 0 Å². The van der Waals surface area contributed by atoms with Crippen LogP contribution >= 0.6 is 0 Å². The molecule has 0 spiro atoms. The Morgan fingerprint density at radius 1 is 1.03 bits per heavy atom. The largest absolute Gasteiger partial charge is 0.490 e. The maximum Gasteiger partial charge on any atom is 0.490 e. The number of amides is 1. The molecular weight excluding hydrogens is 422 g/mol. The number of carboxylic acids is 1. The van der Waals surface area contributed by atoms with E-state index in [1.54, 1.807) is 18.2 Å². The molecule has 1 atom stereocenters. The monoisotopic (exact) mass is 436 g/mol. The number of nitrogens with one attached hydrogen (secondary N) is 1. The molecule has 0 aliphatic carbocycles. The van der Waals surface area contributed by atoms with Gasteiger partial charge >= 0.3 is 18.3 Å². The Hall–Kier alpha value is -3.28. The van der Waals surface area contributed by atoms with Crippen molar-refractivity contribution < 1.29 is 45.8 Å². The van der Waals surface area contributed by atoms with E-state index in [1.165, 1.54) is 12.1 Å². The molecule has 1 heterocycles. The summed E-state index contributed by atoms with van der Waals surface area (Å²) in [6.07, 6.45) is -9.45. The first kappa shape index (κ1) is 23.0. The average molecular weight is 436 g/mol. The van der Waals surface area contributed by atoms with Gasteiger partial charge < -0.3 is 20.9 Å². The third kappa shape index (κ3) is 5.86. The third-order valence-electron chi connectivity index (χ3n) is 3.78. The number of rotatable bonds is 1. The van der Waals surface area contributed by atoms with Gasteiger partial charge in [0.1, 0.15) is 18.4 Å². The minimum absolute atomic E-state index is 0.0370. The number of fused-ring (bicyclic) bond motifs is 1. The first-order valence-corrected chi connectivity index (χ1v) is 8.10. The summed E-state index contributed by atoms with van der Waals surface area (Å²) in [5.41, 5.74) is 6.70. The molecule has 0 radical (unpaired) electrons. The molecule has 2 aromatic carbocycles. The minimum Gasteiger partial charge on any atom is -0.489 e. The average Bonchev–Trinajstić information content (AvgIpc) is 2.79. The molecule has 1 amide bonds. The van der Waals surface area contributed by atoms with Crippen molar-refractivity contribution in [3.63, 3.8) is 0 Å². The highest BCUT2D eigenvalue weighted by atomic mass is 19.4. The Labute approximate surface area is 165 Å². The van der Waals surface area contributed by atoms with Gasteiger partial charge in [-0.2, -0.15) is 26.3 Å². The van der Waals surface area contributed by atoms with Gasteiger partial charge in [-0.3, -0.25) is 4.79 Å². The van der Waals surface area contributed by atoms with E-state index in [0.29, 0.717) is 22.6 Å². The Morgan fingerprint density at radius 2 is 1.57 bits per heavy atom. The number of aliphatic carboxylic acids is 1. The van der Waals surface area contributed by atoms with E-state index < -0.39 is 29.9 Å². The summed E-state index contributed by atoms with van der Waals surface area (Å²) in [5, 5.41) is 9.77. The van der Waals surface area contributed by atoms with Gasteiger partial charge in [0.25, 0.3) is 0 Å². The maximum atomic E-state index is 12.6. The second-order valence-corrected chi connectivity index (χ2v) is 6.00. The fraction of sp³-hybridized carbons (Fsp3) is 0.222. The van der Waals surface area contributed by atoms with Crippen LogP contribution in [0.5, 0.6) is 5.75 Å². The van der Waals surface area contributed by atoms with Crippen molar-refractivity contribution in [2.45, 2.75) is 18.4 Å². The van der Waals surface area contributed by atoms with Gasteiger partial charge in [0.2, 0.25) is 5.91 Å². The fourth-order valence-corrected chi connectivity index (χ4v) is 2.26. The molecule has 3 rings (SSSR count). The number of carbonyl (C=O) groups is 2. The summed E-state index contributed by atoms with van der Waals surface area (Å²) >= 11 is 0. The van der Waals surface area contributed by atoms with Gasteiger partial charge in [0.05, 0.1) is 11.3 Å². The van der Waals surface area contributed by atoms with Crippen LogP contribution in [-0.4, -0.2) is 35.8 Å². The van der Waals surface area contributed by atoms with E-state index in [0.717, 1.165) is 12.1 Å². The number of carboxylic acid groups (broad SMARTS) is 1. The summed E-state index contributed by atoms with van der Waals surface area (Å²) in [7, 11) is 0. The molecule has 1 aliphatic heterocycles. The quantitative estimate of drug-likeness (QED) is 0.593. The summed E-state index contributed by atoms with van der Waals surface area (Å²) in [5.74, 6) is -2.66. The molecule has 0 saturated heterocycles. The molecule has 1 aliphatic rings. The highest BCUT2D eigenvalue weighted by Crippen LogP contribution is 2.34. The van der Waals surface area contributed by atoms with Gasteiger partial charge in [-0.1, -0.05) is 18.2 Å². The topological polar surface area (TPSA) is 102 Å². The van der Waals surface area contributed by atoms with Crippen LogP contribution in [0.15, 0.2) is 42.5 Å². The lowest BCUT2D eigenvalue weighted by Gasteiger charge is -2.11. The van der Waals surface area contributed by atoms with Crippen molar-refractivity contribution in [3.05, 3.63) is 48.0 Å². The van der Waals surface area contributed by atoms with Crippen LogP contribution in [0.2, 0.25) is 0 Å². The second-order valence-electron chi connectivity index (χ2n) is 6.00. The lowest BCUT2D eigenvalue weighted by atomic mass is 10.0. The fourth-order valence-electron chi connectivity index (χ4n) is 2.26. The molecule has 6 nitrogen and oxygen atoms in total. The number of benzene rings is 2. The summed E-state index contributed by atoms with van der Waals surface area (Å²) in [4.78, 5) is 20.5. The summed E-state index contributed by atoms with van der Waals surface area (Å²) < 4.78 is 75.0. The lowest BCUT2D eigenvalue weighted by molar-refractivity contribution is -0.192. The number of anilines is 1. The highest BCUT2D eigenvalue weighted by molar-refractivity contribution is 5.97. The Balaban J connectivity index is 0.000000396. The van der Waals surface area contributed by atoms with E-state index in [9.17, 15) is 31.1 Å². The van der Waals surface area contributed by atoms with E-state index in [-0.39, 0.29) is 12.5 Å². The number of ether oxygens (including phenoxy) is 1. The van der Waals surface area contributed by atoms with Crippen molar-refractivity contribution in [2.75, 3.05) is 11.9 Å². The van der Waals surface area contributed by atoms with Gasteiger partial charge in [-0.05, 0) is 35.4 Å². The Morgan fingerprint density at radius 3 is 2.07 bits per heavy atom. The Kier molecular flexibility index (Phi) is 6.60. The summed E-state index contributed by atoms with van der Waals surface area (Å²) in [6.45, 7) is 0.0370. The zero-order chi connectivity index (χ0) is 22.7. The van der Waals surface area contributed by atoms with Crippen LogP contribution in [0.3, 0.4) is 0 Å². The van der Waals surface area contributed by atoms with Crippen LogP contribution in [0, 0.1) is 0 Å². The van der Waals surface area contributed by atoms with Crippen molar-refractivity contribution in [2.24, 2.45) is 5.73 Å². The predicted molar refractivity (Wildman–Crippen MR) is 92.7 cm³/mol. The van der Waals surface area contributed by atoms with Gasteiger partial charge in [0, 0.05) is 0 Å². The molecular formula is C18H14F6N2O4. The van der Waals surface area contributed by atoms with Gasteiger partial charge in [-0.15, -0.1) is 0 Å². The van der Waals surface area contributed by atoms with Gasteiger partial charge in [-0.25, -0.2) is 4.79 Å². The van der Waals surface area contributed by atoms with Crippen molar-refractivity contribution in [1.29, 1.82) is 0 Å². The van der Waals surface area contributed by atoms with Crippen LogP contribution in [0.1, 0.15) is 5.56 Å². The molecule has 2 aromatic rings. The lowest BCUT2D eigenvalue weighted by Crippen LogP contribution is -2.38. The molecule has 0 fully saturated rings. The van der Waals surface area contributed by atoms with Crippen molar-refractivity contribution in [1.82, 2.24) is 0 Å². The molecule has 30 heavy (non-hydrogen) atoms. The molecule has 0 unspecified atom stereocenters. The van der Waals surface area contributed by atoms with Crippen LogP contribution < -0.4 is 15.8 Å². The second kappa shape index (κ2) is 8.61. The standard InChI is InChI=1S/C16H13F3N2O2.C2HF3O2/c17-16(18,19)11-4-1-9(2-5-11)10-3-6-13-14(7-10)23-8-12(20)15(22)21-13;3-2(4,5)1(6)7/h1-7,12H,8,20H2,(H,21,22);(H,6,7)/t12-;/m0./s1. The molecule has 0 saturated carbocycles. The third-order valence-corrected chi connectivity index (χ3v) is 3.78. The number of hydrogen-bond acceptors (Lipinski definition) is 4. The van der Waals surface area contributed by atoms with E-state index in [4.69, 9.17) is 20.4 Å². The minimum atomic E-state index is -5.08. The van der Waals surface area contributed by atoms with Gasteiger partial charge in [0.15, 0.2) is 0 Å². The van der Waals surface area contributed by atoms with Crippen LogP contribution in [0.4, 0.5) is 32.0 Å². The zero-order valence-electron chi connectivity index (χ0n) is 14.8. The normalized spacial score (nSPS) is 16.2. The molecule has 4 N–H and O–H groups in total. The number of hydrogen-bond donors (Lipinski definition) is 3. The molecule has 0 aromatic heterocycles. The highest BCUT2D eigenvalue weighted by Gasteiger charge is 2.38. The predicted octanol–water partition coefficient (Wildman–Crippen LogP) is 3.66. The number of halogens is 6. The van der Waals surface area contributed by atoms with Crippen molar-refractivity contribution >= 4 is 17.6 Å². The van der Waals surface area contributed by atoms with Crippen LogP contribution in [0.25, 0.3) is 11.1 Å². The van der Waals surface area contributed by atoms with E-state index in [2.05, 4.69) is 5.32 Å². The molecule has 162 valence electrons. The number of carbonyl (C=O) groups excluding carboxylic acids is 1. The summed E-state index contributed by atoms with van der Waals surface area (Å²) in [6, 6.07) is 9.07. The maximum absolute atomic E-state index is 12.6. The molecule has 0 bridgehead atoms. The van der Waals surface area contributed by atoms with E-state index >= 15 is 0 Å².